The van der Waals surface area contributed by atoms with Gasteiger partial charge in [-0.25, -0.2) is 4.98 Å². The standard InChI is InChI=1S/C14H17N3O2/c1-14(9-19-10-14)13(18)16(2)8-11-7-15-12-5-3-4-6-17(11)12/h3-7H,8-10H2,1-2H3. The SMILES string of the molecule is CN(Cc1cnc2ccccn12)C(=O)C1(C)COC1. The fraction of sp³-hybridized carbons (Fsp3) is 0.429. The number of pyridine rings is 1. The molecule has 1 aliphatic heterocycles. The Morgan fingerprint density at radius 3 is 3.00 bits per heavy atom. The van der Waals surface area contributed by atoms with E-state index in [9.17, 15) is 4.79 Å². The number of carbonyl (C=O) groups excluding carboxylic acids is 1. The number of aromatic nitrogens is 2. The van der Waals surface area contributed by atoms with Crippen LogP contribution in [0.1, 0.15) is 12.6 Å². The molecule has 0 unspecified atom stereocenters. The number of fused-ring (bicyclic) bond motifs is 1. The second-order valence-corrected chi connectivity index (χ2v) is 5.39. The minimum Gasteiger partial charge on any atom is -0.379 e. The Bertz CT molecular complexity index is 616. The quantitative estimate of drug-likeness (QED) is 0.835. The number of hydrogen-bond donors (Lipinski definition) is 0. The number of nitrogens with zero attached hydrogens (tertiary/aromatic N) is 3. The van der Waals surface area contributed by atoms with Crippen molar-refractivity contribution in [2.24, 2.45) is 5.41 Å². The Morgan fingerprint density at radius 1 is 1.53 bits per heavy atom. The van der Waals surface area contributed by atoms with Crippen LogP contribution in [-0.2, 0) is 16.1 Å². The number of carbonyl (C=O) groups is 1. The number of hydrogen-bond acceptors (Lipinski definition) is 3. The second-order valence-electron chi connectivity index (χ2n) is 5.39. The summed E-state index contributed by atoms with van der Waals surface area (Å²) < 4.78 is 7.15. The van der Waals surface area contributed by atoms with E-state index >= 15 is 0 Å². The summed E-state index contributed by atoms with van der Waals surface area (Å²) in [5, 5.41) is 0. The van der Waals surface area contributed by atoms with Gasteiger partial charge in [0.15, 0.2) is 0 Å². The minimum absolute atomic E-state index is 0.129. The molecule has 1 fully saturated rings. The molecule has 2 aromatic rings. The van der Waals surface area contributed by atoms with Gasteiger partial charge in [-0.3, -0.25) is 4.79 Å². The molecule has 0 aliphatic carbocycles. The molecular formula is C14H17N3O2. The highest BCUT2D eigenvalue weighted by atomic mass is 16.5. The van der Waals surface area contributed by atoms with E-state index in [2.05, 4.69) is 4.98 Å². The molecule has 1 aliphatic rings. The molecule has 0 aromatic carbocycles. The highest BCUT2D eigenvalue weighted by molar-refractivity contribution is 5.83. The zero-order chi connectivity index (χ0) is 13.5. The third-order valence-corrected chi connectivity index (χ3v) is 3.60. The third kappa shape index (κ3) is 2.00. The average Bonchev–Trinajstić information content (AvgIpc) is 2.78. The van der Waals surface area contributed by atoms with Crippen LogP contribution >= 0.6 is 0 Å². The fourth-order valence-electron chi connectivity index (χ4n) is 2.41. The third-order valence-electron chi connectivity index (χ3n) is 3.60. The Hall–Kier alpha value is -1.88. The first-order valence-corrected chi connectivity index (χ1v) is 6.34. The molecule has 3 rings (SSSR count). The van der Waals surface area contributed by atoms with Crippen LogP contribution in [-0.4, -0.2) is 40.5 Å². The first-order chi connectivity index (χ1) is 9.10. The van der Waals surface area contributed by atoms with Gasteiger partial charge in [-0.1, -0.05) is 6.07 Å². The molecule has 100 valence electrons. The van der Waals surface area contributed by atoms with E-state index < -0.39 is 0 Å². The first kappa shape index (κ1) is 12.2. The van der Waals surface area contributed by atoms with Gasteiger partial charge in [0.05, 0.1) is 37.1 Å². The maximum atomic E-state index is 12.3. The molecule has 0 atom stereocenters. The van der Waals surface area contributed by atoms with Gasteiger partial charge in [-0.05, 0) is 19.1 Å². The van der Waals surface area contributed by atoms with E-state index in [1.54, 1.807) is 4.90 Å². The van der Waals surface area contributed by atoms with Crippen molar-refractivity contribution in [2.45, 2.75) is 13.5 Å². The highest BCUT2D eigenvalue weighted by Gasteiger charge is 2.42. The molecule has 2 aromatic heterocycles. The van der Waals surface area contributed by atoms with Crippen molar-refractivity contribution in [3.05, 3.63) is 36.3 Å². The van der Waals surface area contributed by atoms with Crippen LogP contribution in [0.2, 0.25) is 0 Å². The van der Waals surface area contributed by atoms with E-state index in [-0.39, 0.29) is 11.3 Å². The minimum atomic E-state index is -0.352. The van der Waals surface area contributed by atoms with E-state index in [4.69, 9.17) is 4.74 Å². The summed E-state index contributed by atoms with van der Waals surface area (Å²) in [6, 6.07) is 5.86. The van der Waals surface area contributed by atoms with E-state index in [0.29, 0.717) is 19.8 Å². The number of rotatable bonds is 3. The molecule has 1 amide bonds. The smallest absolute Gasteiger partial charge is 0.233 e. The summed E-state index contributed by atoms with van der Waals surface area (Å²) in [6.07, 6.45) is 3.78. The van der Waals surface area contributed by atoms with Gasteiger partial charge < -0.3 is 14.0 Å². The van der Waals surface area contributed by atoms with E-state index in [0.717, 1.165) is 11.3 Å². The van der Waals surface area contributed by atoms with Crippen LogP contribution < -0.4 is 0 Å². The fourth-order valence-corrected chi connectivity index (χ4v) is 2.41. The molecule has 5 heteroatoms. The lowest BCUT2D eigenvalue weighted by Crippen LogP contribution is -2.52. The molecular weight excluding hydrogens is 242 g/mol. The van der Waals surface area contributed by atoms with Gasteiger partial charge in [0, 0.05) is 13.2 Å². The molecule has 0 radical (unpaired) electrons. The van der Waals surface area contributed by atoms with Crippen molar-refractivity contribution in [3.8, 4) is 0 Å². The molecule has 5 nitrogen and oxygen atoms in total. The van der Waals surface area contributed by atoms with Crippen LogP contribution in [0, 0.1) is 5.41 Å². The molecule has 0 N–H and O–H groups in total. The van der Waals surface area contributed by atoms with Crippen molar-refractivity contribution >= 4 is 11.6 Å². The van der Waals surface area contributed by atoms with Crippen LogP contribution in [0.5, 0.6) is 0 Å². The predicted octanol–water partition coefficient (Wildman–Crippen LogP) is 1.33. The van der Waals surface area contributed by atoms with E-state index in [1.165, 1.54) is 0 Å². The van der Waals surface area contributed by atoms with Crippen LogP contribution in [0.25, 0.3) is 5.65 Å². The topological polar surface area (TPSA) is 46.8 Å². The van der Waals surface area contributed by atoms with E-state index in [1.807, 2.05) is 49.0 Å². The molecule has 3 heterocycles. The van der Waals surface area contributed by atoms with Crippen molar-refractivity contribution in [1.29, 1.82) is 0 Å². The van der Waals surface area contributed by atoms with Crippen molar-refractivity contribution in [3.63, 3.8) is 0 Å². The molecule has 0 bridgehead atoms. The highest BCUT2D eigenvalue weighted by Crippen LogP contribution is 2.29. The molecule has 1 saturated heterocycles. The largest absolute Gasteiger partial charge is 0.379 e. The normalized spacial score (nSPS) is 17.2. The number of ether oxygens (including phenoxy) is 1. The molecule has 0 spiro atoms. The summed E-state index contributed by atoms with van der Waals surface area (Å²) in [6.45, 7) is 3.54. The number of amides is 1. The van der Waals surface area contributed by atoms with Gasteiger partial charge in [0.1, 0.15) is 5.65 Å². The Morgan fingerprint density at radius 2 is 2.32 bits per heavy atom. The van der Waals surface area contributed by atoms with Crippen molar-refractivity contribution < 1.29 is 9.53 Å². The zero-order valence-corrected chi connectivity index (χ0v) is 11.2. The van der Waals surface area contributed by atoms with Crippen molar-refractivity contribution in [2.75, 3.05) is 20.3 Å². The maximum absolute atomic E-state index is 12.3. The van der Waals surface area contributed by atoms with Gasteiger partial charge in [-0.15, -0.1) is 0 Å². The summed E-state index contributed by atoms with van der Waals surface area (Å²) in [4.78, 5) is 18.4. The molecule has 19 heavy (non-hydrogen) atoms. The predicted molar refractivity (Wildman–Crippen MR) is 70.6 cm³/mol. The lowest BCUT2D eigenvalue weighted by Gasteiger charge is -2.39. The van der Waals surface area contributed by atoms with Crippen molar-refractivity contribution in [1.82, 2.24) is 14.3 Å². The monoisotopic (exact) mass is 259 g/mol. The summed E-state index contributed by atoms with van der Waals surface area (Å²) in [5.41, 5.74) is 1.56. The Labute approximate surface area is 111 Å². The number of imidazole rings is 1. The summed E-state index contributed by atoms with van der Waals surface area (Å²) in [7, 11) is 1.83. The zero-order valence-electron chi connectivity index (χ0n) is 11.2. The first-order valence-electron chi connectivity index (χ1n) is 6.34. The van der Waals surface area contributed by atoms with Gasteiger partial charge in [-0.2, -0.15) is 0 Å². The Balaban J connectivity index is 1.79. The maximum Gasteiger partial charge on any atom is 0.233 e. The van der Waals surface area contributed by atoms with Gasteiger partial charge in [0.2, 0.25) is 5.91 Å². The van der Waals surface area contributed by atoms with Gasteiger partial charge >= 0.3 is 0 Å². The van der Waals surface area contributed by atoms with Gasteiger partial charge in [0.25, 0.3) is 0 Å². The summed E-state index contributed by atoms with van der Waals surface area (Å²) >= 11 is 0. The van der Waals surface area contributed by atoms with Crippen LogP contribution in [0.4, 0.5) is 0 Å². The van der Waals surface area contributed by atoms with Crippen LogP contribution in [0.3, 0.4) is 0 Å². The molecule has 0 saturated carbocycles. The summed E-state index contributed by atoms with van der Waals surface area (Å²) in [5.74, 6) is 0.129. The lowest BCUT2D eigenvalue weighted by molar-refractivity contribution is -0.168. The lowest BCUT2D eigenvalue weighted by atomic mass is 9.87. The second kappa shape index (κ2) is 4.35. The average molecular weight is 259 g/mol. The van der Waals surface area contributed by atoms with Crippen LogP contribution in [0.15, 0.2) is 30.6 Å². The Kier molecular flexibility index (Phi) is 2.78.